The van der Waals surface area contributed by atoms with Gasteiger partial charge in [0.2, 0.25) is 0 Å². The highest BCUT2D eigenvalue weighted by molar-refractivity contribution is 5.70. The summed E-state index contributed by atoms with van der Waals surface area (Å²) in [5.41, 5.74) is 2.32. The highest BCUT2D eigenvalue weighted by Gasteiger charge is 2.10. The zero-order chi connectivity index (χ0) is 14.5. The van der Waals surface area contributed by atoms with E-state index in [0.717, 1.165) is 11.1 Å². The number of ether oxygens (including phenoxy) is 1. The lowest BCUT2D eigenvalue weighted by Crippen LogP contribution is -1.97. The standard InChI is InChI=1S/C19H14FO/c20-18-12-6-4-10-16(18)17-11-5-7-13-19(17)21-14-15-8-2-1-3-9-15/h1-11,13H,14H2. The first-order chi connectivity index (χ1) is 10.3. The third kappa shape index (κ3) is 3.11. The first-order valence-electron chi connectivity index (χ1n) is 6.77. The molecule has 0 spiro atoms. The van der Waals surface area contributed by atoms with Gasteiger partial charge in [-0.1, -0.05) is 66.7 Å². The van der Waals surface area contributed by atoms with Crippen LogP contribution in [0.5, 0.6) is 5.75 Å². The molecule has 1 nitrogen and oxygen atoms in total. The molecule has 0 heterocycles. The lowest BCUT2D eigenvalue weighted by atomic mass is 10.0. The lowest BCUT2D eigenvalue weighted by Gasteiger charge is -2.12. The molecule has 3 rings (SSSR count). The quantitative estimate of drug-likeness (QED) is 0.661. The van der Waals surface area contributed by atoms with E-state index in [9.17, 15) is 4.39 Å². The van der Waals surface area contributed by atoms with Crippen LogP contribution in [0, 0.1) is 11.9 Å². The molecule has 0 unspecified atom stereocenters. The van der Waals surface area contributed by atoms with Crippen LogP contribution in [0.4, 0.5) is 4.39 Å². The molecule has 3 aromatic rings. The van der Waals surface area contributed by atoms with E-state index in [-0.39, 0.29) is 5.82 Å². The molecule has 0 aliphatic rings. The van der Waals surface area contributed by atoms with Crippen LogP contribution < -0.4 is 4.74 Å². The van der Waals surface area contributed by atoms with E-state index in [1.54, 1.807) is 18.2 Å². The third-order valence-electron chi connectivity index (χ3n) is 3.22. The maximum atomic E-state index is 13.9. The predicted molar refractivity (Wildman–Crippen MR) is 81.4 cm³/mol. The van der Waals surface area contributed by atoms with Gasteiger partial charge in [0.25, 0.3) is 0 Å². The third-order valence-corrected chi connectivity index (χ3v) is 3.22. The summed E-state index contributed by atoms with van der Waals surface area (Å²) in [4.78, 5) is 0. The largest absolute Gasteiger partial charge is 0.488 e. The van der Waals surface area contributed by atoms with Crippen molar-refractivity contribution < 1.29 is 9.13 Å². The molecule has 3 aromatic carbocycles. The SMILES string of the molecule is Fc1[c]cccc1-c1ccccc1OCc1ccccc1. The average Bonchev–Trinajstić information content (AvgIpc) is 2.55. The fourth-order valence-corrected chi connectivity index (χ4v) is 2.17. The first-order valence-corrected chi connectivity index (χ1v) is 6.77. The van der Waals surface area contributed by atoms with Crippen LogP contribution in [0.2, 0.25) is 0 Å². The number of benzene rings is 3. The molecular weight excluding hydrogens is 263 g/mol. The molecule has 2 heteroatoms. The van der Waals surface area contributed by atoms with Gasteiger partial charge in [0.05, 0.1) is 0 Å². The van der Waals surface area contributed by atoms with E-state index in [1.165, 1.54) is 0 Å². The number of halogens is 1. The van der Waals surface area contributed by atoms with Crippen molar-refractivity contribution in [1.82, 2.24) is 0 Å². The highest BCUT2D eigenvalue weighted by Crippen LogP contribution is 2.31. The van der Waals surface area contributed by atoms with E-state index < -0.39 is 0 Å². The number of rotatable bonds is 4. The molecule has 1 radical (unpaired) electrons. The van der Waals surface area contributed by atoms with E-state index >= 15 is 0 Å². The van der Waals surface area contributed by atoms with Gasteiger partial charge in [0.15, 0.2) is 0 Å². The normalized spacial score (nSPS) is 10.3. The highest BCUT2D eigenvalue weighted by atomic mass is 19.1. The van der Waals surface area contributed by atoms with Crippen LogP contribution >= 0.6 is 0 Å². The van der Waals surface area contributed by atoms with Gasteiger partial charge in [0, 0.05) is 17.2 Å². The van der Waals surface area contributed by atoms with Crippen LogP contribution in [0.15, 0.2) is 72.8 Å². The van der Waals surface area contributed by atoms with Crippen molar-refractivity contribution in [2.75, 3.05) is 0 Å². The number of hydrogen-bond donors (Lipinski definition) is 0. The molecular formula is C19H14FO. The smallest absolute Gasteiger partial charge is 0.139 e. The van der Waals surface area contributed by atoms with Crippen molar-refractivity contribution in [3.05, 3.63) is 90.2 Å². The molecule has 0 saturated heterocycles. The summed E-state index contributed by atoms with van der Waals surface area (Å²) in [7, 11) is 0. The van der Waals surface area contributed by atoms with E-state index in [0.29, 0.717) is 17.9 Å². The van der Waals surface area contributed by atoms with Crippen molar-refractivity contribution in [2.45, 2.75) is 6.61 Å². The monoisotopic (exact) mass is 277 g/mol. The summed E-state index contributed by atoms with van der Waals surface area (Å²) in [5, 5.41) is 0. The molecule has 0 amide bonds. The van der Waals surface area contributed by atoms with Crippen LogP contribution in [-0.2, 0) is 6.61 Å². The second-order valence-corrected chi connectivity index (χ2v) is 4.67. The predicted octanol–water partition coefficient (Wildman–Crippen LogP) is 4.87. The van der Waals surface area contributed by atoms with Gasteiger partial charge >= 0.3 is 0 Å². The Morgan fingerprint density at radius 1 is 0.810 bits per heavy atom. The van der Waals surface area contributed by atoms with Crippen LogP contribution in [0.3, 0.4) is 0 Å². The number of hydrogen-bond acceptors (Lipinski definition) is 1. The average molecular weight is 277 g/mol. The van der Waals surface area contributed by atoms with Crippen LogP contribution in [0.1, 0.15) is 5.56 Å². The summed E-state index contributed by atoms with van der Waals surface area (Å²) in [6.45, 7) is 0.454. The Hall–Kier alpha value is -2.61. The number of para-hydroxylation sites is 1. The van der Waals surface area contributed by atoms with Gasteiger partial charge in [-0.3, -0.25) is 0 Å². The zero-order valence-electron chi connectivity index (χ0n) is 11.4. The van der Waals surface area contributed by atoms with Crippen molar-refractivity contribution in [2.24, 2.45) is 0 Å². The summed E-state index contributed by atoms with van der Waals surface area (Å²) in [6.07, 6.45) is 0. The Bertz CT molecular complexity index is 722. The molecule has 103 valence electrons. The van der Waals surface area contributed by atoms with E-state index in [4.69, 9.17) is 4.74 Å². The summed E-state index contributed by atoms with van der Waals surface area (Å²) in [6, 6.07) is 25.0. The van der Waals surface area contributed by atoms with Gasteiger partial charge in [-0.15, -0.1) is 0 Å². The lowest BCUT2D eigenvalue weighted by molar-refractivity contribution is 0.307. The summed E-state index contributed by atoms with van der Waals surface area (Å²) in [5.74, 6) is 0.299. The summed E-state index contributed by atoms with van der Waals surface area (Å²) >= 11 is 0. The minimum absolute atomic E-state index is 0.367. The minimum Gasteiger partial charge on any atom is -0.488 e. The fourth-order valence-electron chi connectivity index (χ4n) is 2.17. The second kappa shape index (κ2) is 6.23. The van der Waals surface area contributed by atoms with Crippen molar-refractivity contribution in [1.29, 1.82) is 0 Å². The topological polar surface area (TPSA) is 9.23 Å². The molecule has 21 heavy (non-hydrogen) atoms. The molecule has 0 aromatic heterocycles. The van der Waals surface area contributed by atoms with Gasteiger partial charge in [-0.2, -0.15) is 0 Å². The Morgan fingerprint density at radius 3 is 2.33 bits per heavy atom. The van der Waals surface area contributed by atoms with Gasteiger partial charge in [0.1, 0.15) is 18.2 Å². The van der Waals surface area contributed by atoms with Crippen molar-refractivity contribution >= 4 is 0 Å². The minimum atomic E-state index is -0.367. The molecule has 0 aliphatic carbocycles. The molecule has 0 fully saturated rings. The van der Waals surface area contributed by atoms with E-state index in [1.807, 2.05) is 54.6 Å². The van der Waals surface area contributed by atoms with Crippen molar-refractivity contribution in [3.63, 3.8) is 0 Å². The Kier molecular flexibility index (Phi) is 3.97. The van der Waals surface area contributed by atoms with Gasteiger partial charge in [-0.05, 0) is 11.6 Å². The maximum absolute atomic E-state index is 13.9. The van der Waals surface area contributed by atoms with Gasteiger partial charge in [-0.25, -0.2) is 4.39 Å². The molecule has 0 aliphatic heterocycles. The van der Waals surface area contributed by atoms with Crippen LogP contribution in [0.25, 0.3) is 11.1 Å². The summed E-state index contributed by atoms with van der Waals surface area (Å²) < 4.78 is 19.8. The van der Waals surface area contributed by atoms with E-state index in [2.05, 4.69) is 6.07 Å². The molecule has 0 atom stereocenters. The molecule has 0 N–H and O–H groups in total. The molecule has 0 saturated carbocycles. The molecule has 0 bridgehead atoms. The van der Waals surface area contributed by atoms with Crippen LogP contribution in [-0.4, -0.2) is 0 Å². The zero-order valence-corrected chi connectivity index (χ0v) is 11.4. The maximum Gasteiger partial charge on any atom is 0.139 e. The second-order valence-electron chi connectivity index (χ2n) is 4.67. The fraction of sp³-hybridized carbons (Fsp3) is 0.0526. The Balaban J connectivity index is 1.88. The Morgan fingerprint density at radius 2 is 1.52 bits per heavy atom. The first kappa shape index (κ1) is 13.4. The van der Waals surface area contributed by atoms with Gasteiger partial charge < -0.3 is 4.74 Å². The Labute approximate surface area is 123 Å². The van der Waals surface area contributed by atoms with Crippen molar-refractivity contribution in [3.8, 4) is 16.9 Å².